The predicted octanol–water partition coefficient (Wildman–Crippen LogP) is 1.72. The van der Waals surface area contributed by atoms with Crippen LogP contribution in [0.3, 0.4) is 0 Å². The quantitative estimate of drug-likeness (QED) is 0.612. The lowest BCUT2D eigenvalue weighted by molar-refractivity contribution is 0.0946. The highest BCUT2D eigenvalue weighted by molar-refractivity contribution is 6.10. The molecule has 0 unspecified atom stereocenters. The molecule has 2 rings (SSSR count). The third-order valence-corrected chi connectivity index (χ3v) is 3.82. The summed E-state index contributed by atoms with van der Waals surface area (Å²) in [6.45, 7) is 3.75. The summed E-state index contributed by atoms with van der Waals surface area (Å²) in [5.41, 5.74) is 3.51. The standard InChI is InChI=1S/C17H20N6O/c18-12-16(13-19)22-21-15-6-4-14(5-7-15)17(24)20-8-11-23-9-2-1-3-10-23/h4-7,21H,1-3,8-11H2,(H,20,24). The number of hydrogen-bond donors (Lipinski definition) is 2. The number of amides is 1. The molecule has 7 nitrogen and oxygen atoms in total. The van der Waals surface area contributed by atoms with Crippen molar-refractivity contribution < 1.29 is 4.79 Å². The molecule has 0 aliphatic carbocycles. The molecule has 1 amide bonds. The molecule has 7 heteroatoms. The second-order valence-corrected chi connectivity index (χ2v) is 5.53. The lowest BCUT2D eigenvalue weighted by atomic mass is 10.1. The first-order valence-electron chi connectivity index (χ1n) is 7.97. The van der Waals surface area contributed by atoms with E-state index in [1.165, 1.54) is 19.3 Å². The molecule has 0 bridgehead atoms. The average Bonchev–Trinajstić information content (AvgIpc) is 2.64. The zero-order valence-electron chi connectivity index (χ0n) is 13.5. The second-order valence-electron chi connectivity index (χ2n) is 5.53. The van der Waals surface area contributed by atoms with E-state index in [4.69, 9.17) is 10.5 Å². The van der Waals surface area contributed by atoms with E-state index < -0.39 is 0 Å². The van der Waals surface area contributed by atoms with Gasteiger partial charge >= 0.3 is 0 Å². The fourth-order valence-corrected chi connectivity index (χ4v) is 2.50. The average molecular weight is 324 g/mol. The number of nitriles is 2. The van der Waals surface area contributed by atoms with E-state index in [9.17, 15) is 4.79 Å². The van der Waals surface area contributed by atoms with Crippen LogP contribution in [0.5, 0.6) is 0 Å². The molecular weight excluding hydrogens is 304 g/mol. The minimum atomic E-state index is -0.255. The van der Waals surface area contributed by atoms with Gasteiger partial charge in [0.05, 0.1) is 5.69 Å². The van der Waals surface area contributed by atoms with Crippen LogP contribution in [0.2, 0.25) is 0 Å². The van der Waals surface area contributed by atoms with Gasteiger partial charge in [0.25, 0.3) is 5.91 Å². The zero-order chi connectivity index (χ0) is 17.2. The number of hydrazone groups is 1. The van der Waals surface area contributed by atoms with E-state index in [1.54, 1.807) is 36.4 Å². The highest BCUT2D eigenvalue weighted by atomic mass is 16.1. The van der Waals surface area contributed by atoms with Gasteiger partial charge in [0, 0.05) is 18.7 Å². The maximum atomic E-state index is 12.1. The van der Waals surface area contributed by atoms with Crippen molar-refractivity contribution in [1.29, 1.82) is 10.5 Å². The third-order valence-electron chi connectivity index (χ3n) is 3.82. The van der Waals surface area contributed by atoms with Crippen molar-refractivity contribution >= 4 is 17.3 Å². The number of hydrogen-bond acceptors (Lipinski definition) is 6. The first-order valence-corrected chi connectivity index (χ1v) is 7.97. The Morgan fingerprint density at radius 1 is 1.12 bits per heavy atom. The molecule has 1 heterocycles. The van der Waals surface area contributed by atoms with Crippen LogP contribution in [-0.4, -0.2) is 42.7 Å². The van der Waals surface area contributed by atoms with Crippen LogP contribution in [0, 0.1) is 22.7 Å². The van der Waals surface area contributed by atoms with Gasteiger partial charge < -0.3 is 10.2 Å². The Morgan fingerprint density at radius 3 is 2.42 bits per heavy atom. The molecule has 1 aromatic rings. The molecule has 1 saturated heterocycles. The van der Waals surface area contributed by atoms with Crippen molar-refractivity contribution in [3.63, 3.8) is 0 Å². The van der Waals surface area contributed by atoms with Crippen molar-refractivity contribution in [2.24, 2.45) is 5.10 Å². The third kappa shape index (κ3) is 5.38. The predicted molar refractivity (Wildman–Crippen MR) is 91.3 cm³/mol. The summed E-state index contributed by atoms with van der Waals surface area (Å²) >= 11 is 0. The Labute approximate surface area is 141 Å². The van der Waals surface area contributed by atoms with Crippen molar-refractivity contribution in [2.45, 2.75) is 19.3 Å². The van der Waals surface area contributed by atoms with E-state index >= 15 is 0 Å². The minimum absolute atomic E-state index is 0.114. The highest BCUT2D eigenvalue weighted by Gasteiger charge is 2.10. The molecular formula is C17H20N6O. The van der Waals surface area contributed by atoms with Crippen LogP contribution >= 0.6 is 0 Å². The largest absolute Gasteiger partial charge is 0.351 e. The molecule has 0 spiro atoms. The number of piperidine rings is 1. The topological polar surface area (TPSA) is 104 Å². The maximum absolute atomic E-state index is 12.1. The number of nitrogens with one attached hydrogen (secondary N) is 2. The van der Waals surface area contributed by atoms with Crippen LogP contribution in [0.25, 0.3) is 0 Å². The number of carbonyl (C=O) groups excluding carboxylic acids is 1. The van der Waals surface area contributed by atoms with Gasteiger partial charge in [0.15, 0.2) is 0 Å². The van der Waals surface area contributed by atoms with E-state index in [0.29, 0.717) is 17.8 Å². The summed E-state index contributed by atoms with van der Waals surface area (Å²) in [6, 6.07) is 10.0. The van der Waals surface area contributed by atoms with Crippen LogP contribution in [0.4, 0.5) is 5.69 Å². The SMILES string of the molecule is N#CC(C#N)=NNc1ccc(C(=O)NCCN2CCCCC2)cc1. The molecule has 1 aromatic carbocycles. The van der Waals surface area contributed by atoms with Gasteiger partial charge in [-0.2, -0.15) is 15.6 Å². The van der Waals surface area contributed by atoms with E-state index in [0.717, 1.165) is 19.6 Å². The Kier molecular flexibility index (Phi) is 6.75. The molecule has 1 aliphatic heterocycles. The van der Waals surface area contributed by atoms with Crippen molar-refractivity contribution in [3.8, 4) is 12.1 Å². The van der Waals surface area contributed by atoms with Gasteiger partial charge in [0.1, 0.15) is 12.1 Å². The van der Waals surface area contributed by atoms with Gasteiger partial charge in [-0.25, -0.2) is 0 Å². The van der Waals surface area contributed by atoms with Gasteiger partial charge in [-0.15, -0.1) is 0 Å². The zero-order valence-corrected chi connectivity index (χ0v) is 13.5. The lowest BCUT2D eigenvalue weighted by Crippen LogP contribution is -2.37. The number of nitrogens with zero attached hydrogens (tertiary/aromatic N) is 4. The smallest absolute Gasteiger partial charge is 0.251 e. The maximum Gasteiger partial charge on any atom is 0.251 e. The Bertz CT molecular complexity index is 646. The summed E-state index contributed by atoms with van der Waals surface area (Å²) in [6.07, 6.45) is 3.78. The molecule has 1 aliphatic rings. The number of benzene rings is 1. The van der Waals surface area contributed by atoms with Crippen LogP contribution in [0.1, 0.15) is 29.6 Å². The number of rotatable bonds is 6. The van der Waals surface area contributed by atoms with Crippen molar-refractivity contribution in [3.05, 3.63) is 29.8 Å². The fourth-order valence-electron chi connectivity index (χ4n) is 2.50. The van der Waals surface area contributed by atoms with Gasteiger partial charge in [-0.1, -0.05) is 6.42 Å². The van der Waals surface area contributed by atoms with Crippen LogP contribution in [-0.2, 0) is 0 Å². The highest BCUT2D eigenvalue weighted by Crippen LogP contribution is 2.10. The van der Waals surface area contributed by atoms with Crippen LogP contribution < -0.4 is 10.7 Å². The lowest BCUT2D eigenvalue weighted by Gasteiger charge is -2.26. The molecule has 0 radical (unpaired) electrons. The molecule has 0 aromatic heterocycles. The Morgan fingerprint density at radius 2 is 1.79 bits per heavy atom. The summed E-state index contributed by atoms with van der Waals surface area (Å²) in [5.74, 6) is -0.114. The second kappa shape index (κ2) is 9.29. The summed E-state index contributed by atoms with van der Waals surface area (Å²) < 4.78 is 0. The summed E-state index contributed by atoms with van der Waals surface area (Å²) in [7, 11) is 0. The molecule has 1 fully saturated rings. The molecule has 0 saturated carbocycles. The number of likely N-dealkylation sites (tertiary alicyclic amines) is 1. The van der Waals surface area contributed by atoms with Crippen LogP contribution in [0.15, 0.2) is 29.4 Å². The molecule has 24 heavy (non-hydrogen) atoms. The summed E-state index contributed by atoms with van der Waals surface area (Å²) in [4.78, 5) is 14.5. The first kappa shape index (κ1) is 17.5. The monoisotopic (exact) mass is 324 g/mol. The van der Waals surface area contributed by atoms with Crippen molar-refractivity contribution in [1.82, 2.24) is 10.2 Å². The van der Waals surface area contributed by atoms with Gasteiger partial charge in [-0.3, -0.25) is 10.2 Å². The Balaban J connectivity index is 1.79. The Hall–Kier alpha value is -2.90. The minimum Gasteiger partial charge on any atom is -0.351 e. The normalized spacial score (nSPS) is 14.1. The first-order chi connectivity index (χ1) is 11.7. The fraction of sp³-hybridized carbons (Fsp3) is 0.412. The molecule has 2 N–H and O–H groups in total. The molecule has 124 valence electrons. The molecule has 0 atom stereocenters. The van der Waals surface area contributed by atoms with Crippen molar-refractivity contribution in [2.75, 3.05) is 31.6 Å². The number of anilines is 1. The van der Waals surface area contributed by atoms with E-state index in [-0.39, 0.29) is 11.6 Å². The van der Waals surface area contributed by atoms with E-state index in [1.807, 2.05) is 0 Å². The van der Waals surface area contributed by atoms with Gasteiger partial charge in [0.2, 0.25) is 5.71 Å². The summed E-state index contributed by atoms with van der Waals surface area (Å²) in [5, 5.41) is 23.8. The van der Waals surface area contributed by atoms with E-state index in [2.05, 4.69) is 20.7 Å². The number of carbonyl (C=O) groups is 1. The van der Waals surface area contributed by atoms with Gasteiger partial charge in [-0.05, 0) is 50.2 Å².